The average molecular weight is 376 g/mol. The Morgan fingerprint density at radius 2 is 1.53 bits per heavy atom. The van der Waals surface area contributed by atoms with Crippen LogP contribution in [-0.2, 0) is 0 Å². The third kappa shape index (κ3) is 3.32. The summed E-state index contributed by atoms with van der Waals surface area (Å²) in [5, 5.41) is 10.8. The van der Waals surface area contributed by atoms with Crippen molar-refractivity contribution in [3.63, 3.8) is 0 Å². The van der Waals surface area contributed by atoms with E-state index < -0.39 is 6.10 Å². The number of rotatable bonds is 2. The van der Waals surface area contributed by atoms with Crippen molar-refractivity contribution < 1.29 is 5.11 Å². The average Bonchev–Trinajstić information content (AvgIpc) is 2.28. The van der Waals surface area contributed by atoms with Crippen molar-refractivity contribution in [2.45, 2.75) is 6.10 Å². The molecular formula is C13H9Br2ClO. The van der Waals surface area contributed by atoms with E-state index in [0.717, 1.165) is 20.1 Å². The Labute approximate surface area is 122 Å². The van der Waals surface area contributed by atoms with E-state index in [-0.39, 0.29) is 0 Å². The zero-order chi connectivity index (χ0) is 12.4. The first-order valence-electron chi connectivity index (χ1n) is 4.96. The van der Waals surface area contributed by atoms with Gasteiger partial charge in [0.05, 0.1) is 0 Å². The fourth-order valence-corrected chi connectivity index (χ4v) is 2.72. The monoisotopic (exact) mass is 374 g/mol. The molecule has 1 N–H and O–H groups in total. The molecule has 0 saturated carbocycles. The van der Waals surface area contributed by atoms with E-state index in [9.17, 15) is 5.11 Å². The third-order valence-corrected chi connectivity index (χ3v) is 3.59. The number of hydrogen-bond donors (Lipinski definition) is 1. The highest BCUT2D eigenvalue weighted by molar-refractivity contribution is 9.10. The van der Waals surface area contributed by atoms with Crippen LogP contribution in [0.4, 0.5) is 0 Å². The van der Waals surface area contributed by atoms with Crippen LogP contribution in [0.2, 0.25) is 5.02 Å². The van der Waals surface area contributed by atoms with Crippen molar-refractivity contribution in [3.8, 4) is 0 Å². The fraction of sp³-hybridized carbons (Fsp3) is 0.0769. The Hall–Kier alpha value is -0.350. The molecular weight excluding hydrogens is 367 g/mol. The van der Waals surface area contributed by atoms with Gasteiger partial charge in [-0.05, 0) is 41.5 Å². The maximum Gasteiger partial charge on any atom is 0.104 e. The van der Waals surface area contributed by atoms with Crippen LogP contribution >= 0.6 is 43.5 Å². The van der Waals surface area contributed by atoms with Crippen molar-refractivity contribution in [2.75, 3.05) is 0 Å². The van der Waals surface area contributed by atoms with Crippen molar-refractivity contribution in [2.24, 2.45) is 0 Å². The molecule has 0 fully saturated rings. The van der Waals surface area contributed by atoms with Crippen molar-refractivity contribution in [1.29, 1.82) is 0 Å². The summed E-state index contributed by atoms with van der Waals surface area (Å²) in [6.45, 7) is 0. The highest BCUT2D eigenvalue weighted by Crippen LogP contribution is 2.28. The quantitative estimate of drug-likeness (QED) is 0.787. The van der Waals surface area contributed by atoms with Crippen LogP contribution in [0.25, 0.3) is 0 Å². The lowest BCUT2D eigenvalue weighted by molar-refractivity contribution is 0.220. The van der Waals surface area contributed by atoms with Gasteiger partial charge in [-0.25, -0.2) is 0 Å². The topological polar surface area (TPSA) is 20.2 Å². The van der Waals surface area contributed by atoms with Gasteiger partial charge in [0.15, 0.2) is 0 Å². The molecule has 2 aromatic rings. The predicted molar refractivity (Wildman–Crippen MR) is 77.4 cm³/mol. The second-order valence-electron chi connectivity index (χ2n) is 3.66. The standard InChI is InChI=1S/C13H9Br2ClO/c14-10-3-1-8(2-4-10)13(17)9-5-11(15)7-12(16)6-9/h1-7,13,17H. The Balaban J connectivity index is 2.36. The second-order valence-corrected chi connectivity index (χ2v) is 5.92. The van der Waals surface area contributed by atoms with Gasteiger partial charge in [0, 0.05) is 14.0 Å². The lowest BCUT2D eigenvalue weighted by Gasteiger charge is -2.12. The van der Waals surface area contributed by atoms with Gasteiger partial charge >= 0.3 is 0 Å². The summed E-state index contributed by atoms with van der Waals surface area (Å²) < 4.78 is 1.84. The highest BCUT2D eigenvalue weighted by atomic mass is 79.9. The van der Waals surface area contributed by atoms with Crippen LogP contribution in [0.15, 0.2) is 51.4 Å². The molecule has 0 aliphatic carbocycles. The third-order valence-electron chi connectivity index (χ3n) is 2.39. The van der Waals surface area contributed by atoms with Gasteiger partial charge < -0.3 is 5.11 Å². The number of hydrogen-bond acceptors (Lipinski definition) is 1. The minimum absolute atomic E-state index is 0.602. The lowest BCUT2D eigenvalue weighted by Crippen LogP contribution is -1.99. The summed E-state index contributed by atoms with van der Waals surface area (Å²) in [6.07, 6.45) is -0.668. The molecule has 1 atom stereocenters. The van der Waals surface area contributed by atoms with Crippen molar-refractivity contribution >= 4 is 43.5 Å². The molecule has 0 saturated heterocycles. The maximum absolute atomic E-state index is 10.2. The first-order valence-corrected chi connectivity index (χ1v) is 6.92. The van der Waals surface area contributed by atoms with E-state index in [1.165, 1.54) is 0 Å². The van der Waals surface area contributed by atoms with Gasteiger partial charge in [0.25, 0.3) is 0 Å². The molecule has 0 radical (unpaired) electrons. The van der Waals surface area contributed by atoms with Gasteiger partial charge in [-0.15, -0.1) is 0 Å². The summed E-state index contributed by atoms with van der Waals surface area (Å²) in [5.74, 6) is 0. The number of aliphatic hydroxyl groups is 1. The molecule has 4 heteroatoms. The highest BCUT2D eigenvalue weighted by Gasteiger charge is 2.11. The van der Waals surface area contributed by atoms with Crippen molar-refractivity contribution in [3.05, 3.63) is 67.6 Å². The summed E-state index contributed by atoms with van der Waals surface area (Å²) in [7, 11) is 0. The molecule has 1 unspecified atom stereocenters. The number of aliphatic hydroxyl groups excluding tert-OH is 1. The normalized spacial score (nSPS) is 12.5. The molecule has 0 amide bonds. The van der Waals surface area contributed by atoms with Crippen LogP contribution in [0.3, 0.4) is 0 Å². The summed E-state index contributed by atoms with van der Waals surface area (Å²) in [5.41, 5.74) is 1.61. The summed E-state index contributed by atoms with van der Waals surface area (Å²) >= 11 is 12.7. The van der Waals surface area contributed by atoms with Crippen molar-refractivity contribution in [1.82, 2.24) is 0 Å². The molecule has 2 rings (SSSR count). The Morgan fingerprint density at radius 3 is 2.12 bits per heavy atom. The van der Waals surface area contributed by atoms with E-state index in [1.54, 1.807) is 12.1 Å². The van der Waals surface area contributed by atoms with Crippen LogP contribution in [0, 0.1) is 0 Å². The molecule has 0 aromatic heterocycles. The van der Waals surface area contributed by atoms with Gasteiger partial charge in [0.1, 0.15) is 6.10 Å². The Kier molecular flexibility index (Phi) is 4.26. The SMILES string of the molecule is OC(c1ccc(Br)cc1)c1cc(Cl)cc(Br)c1. The Bertz CT molecular complexity index is 505. The maximum atomic E-state index is 10.2. The molecule has 17 heavy (non-hydrogen) atoms. The molecule has 1 nitrogen and oxygen atoms in total. The fourth-order valence-electron chi connectivity index (χ4n) is 1.57. The van der Waals surface area contributed by atoms with Gasteiger partial charge in [0.2, 0.25) is 0 Å². The van der Waals surface area contributed by atoms with E-state index in [1.807, 2.05) is 30.3 Å². The van der Waals surface area contributed by atoms with E-state index in [0.29, 0.717) is 5.02 Å². The lowest BCUT2D eigenvalue weighted by atomic mass is 10.0. The number of halogens is 3. The Morgan fingerprint density at radius 1 is 0.882 bits per heavy atom. The minimum Gasteiger partial charge on any atom is -0.384 e. The van der Waals surface area contributed by atoms with Gasteiger partial charge in [-0.3, -0.25) is 0 Å². The number of benzene rings is 2. The molecule has 0 aliphatic rings. The van der Waals surface area contributed by atoms with Crippen LogP contribution in [0.5, 0.6) is 0 Å². The zero-order valence-corrected chi connectivity index (χ0v) is 12.6. The molecule has 88 valence electrons. The largest absolute Gasteiger partial charge is 0.384 e. The first kappa shape index (κ1) is 13.1. The first-order chi connectivity index (χ1) is 8.06. The van der Waals surface area contributed by atoms with E-state index in [2.05, 4.69) is 31.9 Å². The zero-order valence-electron chi connectivity index (χ0n) is 8.70. The van der Waals surface area contributed by atoms with Crippen LogP contribution < -0.4 is 0 Å². The summed E-state index contributed by atoms with van der Waals surface area (Å²) in [4.78, 5) is 0. The van der Waals surface area contributed by atoms with Gasteiger partial charge in [-0.2, -0.15) is 0 Å². The molecule has 0 heterocycles. The minimum atomic E-state index is -0.668. The second kappa shape index (κ2) is 5.53. The van der Waals surface area contributed by atoms with Crippen LogP contribution in [-0.4, -0.2) is 5.11 Å². The molecule has 0 spiro atoms. The summed E-state index contributed by atoms with van der Waals surface area (Å²) in [6, 6.07) is 13.0. The molecule has 0 bridgehead atoms. The van der Waals surface area contributed by atoms with E-state index in [4.69, 9.17) is 11.6 Å². The molecule has 2 aromatic carbocycles. The predicted octanol–water partition coefficient (Wildman–Crippen LogP) is 4.95. The smallest absolute Gasteiger partial charge is 0.104 e. The van der Waals surface area contributed by atoms with E-state index >= 15 is 0 Å². The van der Waals surface area contributed by atoms with Crippen LogP contribution in [0.1, 0.15) is 17.2 Å². The molecule has 0 aliphatic heterocycles. The van der Waals surface area contributed by atoms with Gasteiger partial charge in [-0.1, -0.05) is 55.6 Å².